The van der Waals surface area contributed by atoms with Crippen molar-refractivity contribution in [3.63, 3.8) is 0 Å². The molecule has 18 heavy (non-hydrogen) atoms. The number of quaternary nitrogens is 1. The minimum Gasteiger partial charge on any atom is -0.335 e. The molecule has 104 valence electrons. The van der Waals surface area contributed by atoms with E-state index in [1.54, 1.807) is 0 Å². The third kappa shape index (κ3) is 3.23. The molecule has 2 fully saturated rings. The molecule has 4 heteroatoms. The Hall–Kier alpha value is -0.610. The summed E-state index contributed by atoms with van der Waals surface area (Å²) in [6, 6.07) is 0.602. The number of amides is 1. The molecule has 0 aromatic carbocycles. The average molecular weight is 254 g/mol. The van der Waals surface area contributed by atoms with Crippen LogP contribution in [0.5, 0.6) is 0 Å². The first-order chi connectivity index (χ1) is 8.50. The number of carbonyl (C=O) groups excluding carboxylic acids is 1. The second-order valence-corrected chi connectivity index (χ2v) is 6.44. The number of rotatable bonds is 3. The van der Waals surface area contributed by atoms with Crippen LogP contribution in [0.2, 0.25) is 0 Å². The minimum absolute atomic E-state index is 0.364. The van der Waals surface area contributed by atoms with E-state index < -0.39 is 0 Å². The van der Waals surface area contributed by atoms with Crippen LogP contribution in [0.25, 0.3) is 0 Å². The first kappa shape index (κ1) is 13.8. The average Bonchev–Trinajstić information content (AvgIpc) is 2.76. The summed E-state index contributed by atoms with van der Waals surface area (Å²) in [4.78, 5) is 16.9. The Bertz CT molecular complexity index is 289. The van der Waals surface area contributed by atoms with Crippen molar-refractivity contribution in [2.24, 2.45) is 0 Å². The van der Waals surface area contributed by atoms with Crippen LogP contribution in [-0.2, 0) is 4.79 Å². The normalized spacial score (nSPS) is 24.8. The minimum atomic E-state index is 0.364. The summed E-state index contributed by atoms with van der Waals surface area (Å²) >= 11 is 0. The van der Waals surface area contributed by atoms with E-state index in [9.17, 15) is 4.79 Å². The van der Waals surface area contributed by atoms with Gasteiger partial charge in [0, 0.05) is 45.1 Å². The maximum Gasteiger partial charge on any atom is 0.277 e. The monoisotopic (exact) mass is 254 g/mol. The number of piperazine rings is 1. The highest BCUT2D eigenvalue weighted by Gasteiger charge is 2.32. The first-order valence-corrected chi connectivity index (χ1v) is 7.35. The second-order valence-electron chi connectivity index (χ2n) is 6.44. The number of nitrogens with zero attached hydrogens (tertiary/aromatic N) is 3. The molecular formula is C14H28N3O+. The highest BCUT2D eigenvalue weighted by molar-refractivity contribution is 5.77. The molecule has 0 aliphatic carbocycles. The number of hydrogen-bond donors (Lipinski definition) is 0. The zero-order chi connectivity index (χ0) is 13.2. The standard InChI is InChI=1S/C14H28N3O/c1-13(2)15-6-8-16(9-7-15)14(18)12-17(3)10-4-5-11-17/h13H,4-12H2,1-3H3/q+1. The van der Waals surface area contributed by atoms with Crippen LogP contribution < -0.4 is 0 Å². The molecule has 2 aliphatic heterocycles. The van der Waals surface area contributed by atoms with Crippen LogP contribution in [0.3, 0.4) is 0 Å². The van der Waals surface area contributed by atoms with E-state index in [1.165, 1.54) is 25.9 Å². The van der Waals surface area contributed by atoms with E-state index in [2.05, 4.69) is 30.7 Å². The number of likely N-dealkylation sites (N-methyl/N-ethyl adjacent to an activating group) is 1. The van der Waals surface area contributed by atoms with E-state index in [1.807, 2.05) is 0 Å². The lowest BCUT2D eigenvalue weighted by Crippen LogP contribution is -2.55. The van der Waals surface area contributed by atoms with Crippen molar-refractivity contribution < 1.29 is 9.28 Å². The second kappa shape index (κ2) is 5.57. The number of likely N-dealkylation sites (tertiary alicyclic amines) is 1. The molecule has 1 amide bonds. The summed E-state index contributed by atoms with van der Waals surface area (Å²) in [5, 5.41) is 0. The molecule has 0 saturated carbocycles. The summed E-state index contributed by atoms with van der Waals surface area (Å²) < 4.78 is 0.962. The van der Waals surface area contributed by atoms with Gasteiger partial charge in [0.25, 0.3) is 5.91 Å². The van der Waals surface area contributed by atoms with Gasteiger partial charge < -0.3 is 9.38 Å². The van der Waals surface area contributed by atoms with Gasteiger partial charge in [0.15, 0.2) is 6.54 Å². The predicted molar refractivity (Wildman–Crippen MR) is 73.3 cm³/mol. The van der Waals surface area contributed by atoms with Crippen molar-refractivity contribution in [2.75, 3.05) is 52.9 Å². The Kier molecular flexibility index (Phi) is 4.28. The van der Waals surface area contributed by atoms with Crippen molar-refractivity contribution in [1.82, 2.24) is 9.80 Å². The Morgan fingerprint density at radius 1 is 1.11 bits per heavy atom. The zero-order valence-electron chi connectivity index (χ0n) is 12.2. The Morgan fingerprint density at radius 3 is 2.17 bits per heavy atom. The summed E-state index contributed by atoms with van der Waals surface area (Å²) in [6.07, 6.45) is 2.57. The van der Waals surface area contributed by atoms with Crippen molar-refractivity contribution in [2.45, 2.75) is 32.7 Å². The van der Waals surface area contributed by atoms with Gasteiger partial charge >= 0.3 is 0 Å². The third-order valence-electron chi connectivity index (χ3n) is 4.56. The molecular weight excluding hydrogens is 226 g/mol. The fraction of sp³-hybridized carbons (Fsp3) is 0.929. The molecule has 0 atom stereocenters. The van der Waals surface area contributed by atoms with Crippen molar-refractivity contribution >= 4 is 5.91 Å². The van der Waals surface area contributed by atoms with Crippen molar-refractivity contribution in [3.05, 3.63) is 0 Å². The third-order valence-corrected chi connectivity index (χ3v) is 4.56. The molecule has 2 heterocycles. The van der Waals surface area contributed by atoms with Gasteiger partial charge in [-0.2, -0.15) is 0 Å². The SMILES string of the molecule is CC(C)N1CCN(C(=O)C[N+]2(C)CCCC2)CC1. The van der Waals surface area contributed by atoms with Gasteiger partial charge in [-0.3, -0.25) is 9.69 Å². The lowest BCUT2D eigenvalue weighted by Gasteiger charge is -2.38. The van der Waals surface area contributed by atoms with Gasteiger partial charge in [0.2, 0.25) is 0 Å². The smallest absolute Gasteiger partial charge is 0.277 e. The molecule has 0 aromatic rings. The van der Waals surface area contributed by atoms with Crippen LogP contribution in [0.15, 0.2) is 0 Å². The number of carbonyl (C=O) groups is 1. The van der Waals surface area contributed by atoms with Gasteiger partial charge in [-0.25, -0.2) is 0 Å². The van der Waals surface area contributed by atoms with E-state index in [0.717, 1.165) is 30.7 Å². The number of hydrogen-bond acceptors (Lipinski definition) is 2. The lowest BCUT2D eigenvalue weighted by molar-refractivity contribution is -0.890. The zero-order valence-corrected chi connectivity index (χ0v) is 12.2. The maximum atomic E-state index is 12.3. The molecule has 4 nitrogen and oxygen atoms in total. The summed E-state index contributed by atoms with van der Waals surface area (Å²) in [5.74, 6) is 0.364. The van der Waals surface area contributed by atoms with Gasteiger partial charge in [-0.05, 0) is 13.8 Å². The molecule has 0 bridgehead atoms. The Labute approximate surface area is 111 Å². The molecule has 0 spiro atoms. The van der Waals surface area contributed by atoms with Gasteiger partial charge in [-0.1, -0.05) is 0 Å². The molecule has 2 aliphatic rings. The van der Waals surface area contributed by atoms with E-state index in [-0.39, 0.29) is 0 Å². The fourth-order valence-corrected chi connectivity index (χ4v) is 3.17. The predicted octanol–water partition coefficient (Wildman–Crippen LogP) is 0.779. The highest BCUT2D eigenvalue weighted by atomic mass is 16.2. The van der Waals surface area contributed by atoms with Gasteiger partial charge in [-0.15, -0.1) is 0 Å². The lowest BCUT2D eigenvalue weighted by atomic mass is 10.2. The maximum absolute atomic E-state index is 12.3. The Balaban J connectivity index is 1.80. The molecule has 2 rings (SSSR count). The van der Waals surface area contributed by atoms with Crippen molar-refractivity contribution in [1.29, 1.82) is 0 Å². The van der Waals surface area contributed by atoms with Crippen LogP contribution in [0.1, 0.15) is 26.7 Å². The molecule has 2 saturated heterocycles. The topological polar surface area (TPSA) is 23.6 Å². The highest BCUT2D eigenvalue weighted by Crippen LogP contribution is 2.17. The Morgan fingerprint density at radius 2 is 1.67 bits per heavy atom. The van der Waals surface area contributed by atoms with Gasteiger partial charge in [0.05, 0.1) is 20.1 Å². The summed E-state index contributed by atoms with van der Waals surface area (Å²) in [5.41, 5.74) is 0. The quantitative estimate of drug-likeness (QED) is 0.695. The largest absolute Gasteiger partial charge is 0.335 e. The summed E-state index contributed by atoms with van der Waals surface area (Å²) in [6.45, 7) is 11.4. The molecule has 0 N–H and O–H groups in total. The molecule has 0 aromatic heterocycles. The van der Waals surface area contributed by atoms with E-state index in [4.69, 9.17) is 0 Å². The van der Waals surface area contributed by atoms with E-state index >= 15 is 0 Å². The summed E-state index contributed by atoms with van der Waals surface area (Å²) in [7, 11) is 2.23. The first-order valence-electron chi connectivity index (χ1n) is 7.35. The molecule has 0 unspecified atom stereocenters. The van der Waals surface area contributed by atoms with Crippen LogP contribution in [0.4, 0.5) is 0 Å². The van der Waals surface area contributed by atoms with Crippen LogP contribution in [0, 0.1) is 0 Å². The molecule has 0 radical (unpaired) electrons. The van der Waals surface area contributed by atoms with Crippen LogP contribution >= 0.6 is 0 Å². The van der Waals surface area contributed by atoms with Gasteiger partial charge in [0.1, 0.15) is 0 Å². The fourth-order valence-electron chi connectivity index (χ4n) is 3.17. The van der Waals surface area contributed by atoms with Crippen molar-refractivity contribution in [3.8, 4) is 0 Å². The van der Waals surface area contributed by atoms with Crippen LogP contribution in [-0.4, -0.2) is 79.1 Å². The van der Waals surface area contributed by atoms with E-state index in [0.29, 0.717) is 18.5 Å².